The Hall–Kier alpha value is -2.58. The highest BCUT2D eigenvalue weighted by Gasteiger charge is 2.42. The van der Waals surface area contributed by atoms with Gasteiger partial charge in [-0.1, -0.05) is 6.07 Å². The molecule has 1 fully saturated rings. The van der Waals surface area contributed by atoms with E-state index < -0.39 is 0 Å². The summed E-state index contributed by atoms with van der Waals surface area (Å²) < 4.78 is 16.3. The molecule has 1 saturated heterocycles. The van der Waals surface area contributed by atoms with Gasteiger partial charge in [0, 0.05) is 26.2 Å². The first-order valence-corrected chi connectivity index (χ1v) is 10.2. The molecule has 2 aliphatic rings. The van der Waals surface area contributed by atoms with E-state index in [1.165, 1.54) is 4.90 Å². The maximum absolute atomic E-state index is 13.3. The number of hydrogen-bond donors (Lipinski definition) is 0. The second-order valence-electron chi connectivity index (χ2n) is 7.77. The van der Waals surface area contributed by atoms with Gasteiger partial charge in [0.1, 0.15) is 5.70 Å². The molecule has 0 aromatic heterocycles. The van der Waals surface area contributed by atoms with Crippen LogP contribution in [0.2, 0.25) is 0 Å². The average Bonchev–Trinajstić information content (AvgIpc) is 2.98. The fourth-order valence-electron chi connectivity index (χ4n) is 3.72. The second kappa shape index (κ2) is 9.49. The number of methoxy groups -OCH3 is 2. The molecule has 2 heterocycles. The van der Waals surface area contributed by atoms with Crippen LogP contribution in [0.1, 0.15) is 19.4 Å². The summed E-state index contributed by atoms with van der Waals surface area (Å²) in [6.07, 6.45) is 0.0354. The molecule has 0 N–H and O–H groups in total. The van der Waals surface area contributed by atoms with E-state index >= 15 is 0 Å². The van der Waals surface area contributed by atoms with Gasteiger partial charge in [-0.25, -0.2) is 0 Å². The van der Waals surface area contributed by atoms with Crippen LogP contribution in [0.3, 0.4) is 0 Å². The molecule has 0 unspecified atom stereocenters. The molecule has 3 rings (SSSR count). The molecule has 0 saturated carbocycles. The molecule has 0 aliphatic carbocycles. The Kier molecular flexibility index (Phi) is 6.99. The van der Waals surface area contributed by atoms with Crippen molar-refractivity contribution in [1.82, 2.24) is 14.7 Å². The number of nitrogens with zero attached hydrogens (tertiary/aromatic N) is 3. The van der Waals surface area contributed by atoms with Crippen LogP contribution in [0.5, 0.6) is 11.5 Å². The molecule has 0 bridgehead atoms. The summed E-state index contributed by atoms with van der Waals surface area (Å²) in [6, 6.07) is 5.31. The summed E-state index contributed by atoms with van der Waals surface area (Å²) in [6.45, 7) is 7.44. The van der Waals surface area contributed by atoms with Crippen molar-refractivity contribution in [1.29, 1.82) is 0 Å². The quantitative estimate of drug-likeness (QED) is 0.593. The highest BCUT2D eigenvalue weighted by atomic mass is 16.5. The van der Waals surface area contributed by atoms with E-state index in [9.17, 15) is 9.59 Å². The minimum absolute atomic E-state index is 0.0354. The lowest BCUT2D eigenvalue weighted by molar-refractivity contribution is -0.138. The molecule has 164 valence electrons. The predicted octanol–water partition coefficient (Wildman–Crippen LogP) is 1.46. The third kappa shape index (κ3) is 4.44. The van der Waals surface area contributed by atoms with Crippen molar-refractivity contribution in [3.05, 3.63) is 29.5 Å². The van der Waals surface area contributed by atoms with Gasteiger partial charge in [0.25, 0.3) is 11.8 Å². The van der Waals surface area contributed by atoms with Crippen molar-refractivity contribution in [2.75, 3.05) is 60.6 Å². The van der Waals surface area contributed by atoms with Gasteiger partial charge in [0.2, 0.25) is 0 Å². The third-order valence-electron chi connectivity index (χ3n) is 5.40. The first-order chi connectivity index (χ1) is 14.4. The van der Waals surface area contributed by atoms with Crippen LogP contribution in [-0.4, -0.2) is 93.2 Å². The van der Waals surface area contributed by atoms with Crippen LogP contribution in [-0.2, 0) is 14.3 Å². The summed E-state index contributed by atoms with van der Waals surface area (Å²) in [4.78, 5) is 32.2. The van der Waals surface area contributed by atoms with E-state index in [0.717, 1.165) is 13.1 Å². The molecule has 0 spiro atoms. The van der Waals surface area contributed by atoms with Gasteiger partial charge in [0.05, 0.1) is 39.0 Å². The van der Waals surface area contributed by atoms with Gasteiger partial charge in [-0.15, -0.1) is 0 Å². The van der Waals surface area contributed by atoms with Gasteiger partial charge in [0.15, 0.2) is 11.5 Å². The molecular formula is C22H31N3O5. The highest BCUT2D eigenvalue weighted by molar-refractivity contribution is 6.35. The minimum atomic E-state index is -0.298. The molecule has 0 atom stereocenters. The first-order valence-electron chi connectivity index (χ1n) is 10.2. The molecule has 1 aromatic rings. The summed E-state index contributed by atoms with van der Waals surface area (Å²) in [5.74, 6) is 0.527. The Morgan fingerprint density at radius 2 is 1.63 bits per heavy atom. The number of carbonyl (C=O) groups is 2. The fraction of sp³-hybridized carbons (Fsp3) is 0.545. The predicted molar refractivity (Wildman–Crippen MR) is 113 cm³/mol. The molecule has 8 nitrogen and oxygen atoms in total. The van der Waals surface area contributed by atoms with Crippen molar-refractivity contribution in [3.63, 3.8) is 0 Å². The number of amides is 2. The standard InChI is InChI=1S/C22H31N3O5/c1-15(2)30-13-12-25-21(26)19(16-6-7-17(28-4)18(14-16)29-5)20(22(25)27)24-10-8-23(3)9-11-24/h6-7,14-15H,8-13H2,1-5H3. The smallest absolute Gasteiger partial charge is 0.277 e. The lowest BCUT2D eigenvalue weighted by atomic mass is 10.0. The van der Waals surface area contributed by atoms with E-state index in [1.807, 2.05) is 18.7 Å². The fourth-order valence-corrected chi connectivity index (χ4v) is 3.72. The topological polar surface area (TPSA) is 71.5 Å². The van der Waals surface area contributed by atoms with Crippen LogP contribution in [0.15, 0.2) is 23.9 Å². The van der Waals surface area contributed by atoms with E-state index in [4.69, 9.17) is 14.2 Å². The highest BCUT2D eigenvalue weighted by Crippen LogP contribution is 2.36. The molecule has 8 heteroatoms. The lowest BCUT2D eigenvalue weighted by Gasteiger charge is -2.34. The number of carbonyl (C=O) groups excluding carboxylic acids is 2. The Bertz CT molecular complexity index is 828. The summed E-state index contributed by atoms with van der Waals surface area (Å²) in [5.41, 5.74) is 1.52. The molecule has 0 radical (unpaired) electrons. The van der Waals surface area contributed by atoms with Gasteiger partial charge in [-0.3, -0.25) is 14.5 Å². The van der Waals surface area contributed by atoms with Crippen molar-refractivity contribution < 1.29 is 23.8 Å². The zero-order chi connectivity index (χ0) is 21.8. The molecule has 30 heavy (non-hydrogen) atoms. The van der Waals surface area contributed by atoms with Gasteiger partial charge < -0.3 is 24.0 Å². The molecule has 2 aliphatic heterocycles. The van der Waals surface area contributed by atoms with Crippen molar-refractivity contribution in [2.24, 2.45) is 0 Å². The van der Waals surface area contributed by atoms with Crippen LogP contribution < -0.4 is 9.47 Å². The SMILES string of the molecule is COc1ccc(C2=C(N3CCN(C)CC3)C(=O)N(CCOC(C)C)C2=O)cc1OC. The average molecular weight is 418 g/mol. The Labute approximate surface area is 178 Å². The number of likely N-dealkylation sites (N-methyl/N-ethyl adjacent to an activating group) is 1. The Morgan fingerprint density at radius 1 is 0.967 bits per heavy atom. The van der Waals surface area contributed by atoms with E-state index in [0.29, 0.717) is 48.0 Å². The van der Waals surface area contributed by atoms with E-state index in [2.05, 4.69) is 11.9 Å². The number of imide groups is 1. The zero-order valence-electron chi connectivity index (χ0n) is 18.4. The van der Waals surface area contributed by atoms with Gasteiger partial charge in [-0.05, 0) is 38.6 Å². The molecule has 2 amide bonds. The summed E-state index contributed by atoms with van der Waals surface area (Å²) in [7, 11) is 5.17. The summed E-state index contributed by atoms with van der Waals surface area (Å²) >= 11 is 0. The number of piperazine rings is 1. The van der Waals surface area contributed by atoms with Crippen LogP contribution in [0, 0.1) is 0 Å². The van der Waals surface area contributed by atoms with Gasteiger partial charge in [-0.2, -0.15) is 0 Å². The number of ether oxygens (including phenoxy) is 3. The van der Waals surface area contributed by atoms with Crippen molar-refractivity contribution in [3.8, 4) is 11.5 Å². The Balaban J connectivity index is 1.99. The second-order valence-corrected chi connectivity index (χ2v) is 7.77. The monoisotopic (exact) mass is 417 g/mol. The third-order valence-corrected chi connectivity index (χ3v) is 5.40. The van der Waals surface area contributed by atoms with Crippen LogP contribution in [0.4, 0.5) is 0 Å². The van der Waals surface area contributed by atoms with Crippen molar-refractivity contribution >= 4 is 17.4 Å². The van der Waals surface area contributed by atoms with Gasteiger partial charge >= 0.3 is 0 Å². The number of hydrogen-bond acceptors (Lipinski definition) is 7. The lowest BCUT2D eigenvalue weighted by Crippen LogP contribution is -2.46. The largest absolute Gasteiger partial charge is 0.493 e. The van der Waals surface area contributed by atoms with Crippen molar-refractivity contribution in [2.45, 2.75) is 20.0 Å². The molecule has 1 aromatic carbocycles. The minimum Gasteiger partial charge on any atom is -0.493 e. The number of benzene rings is 1. The van der Waals surface area contributed by atoms with E-state index in [1.54, 1.807) is 32.4 Å². The molecular weight excluding hydrogens is 386 g/mol. The van der Waals surface area contributed by atoms with Crippen LogP contribution >= 0.6 is 0 Å². The number of rotatable bonds is 8. The van der Waals surface area contributed by atoms with Crippen LogP contribution in [0.25, 0.3) is 5.57 Å². The summed E-state index contributed by atoms with van der Waals surface area (Å²) in [5, 5.41) is 0. The maximum Gasteiger partial charge on any atom is 0.277 e. The zero-order valence-corrected chi connectivity index (χ0v) is 18.4. The Morgan fingerprint density at radius 3 is 2.23 bits per heavy atom. The normalized spacial score (nSPS) is 18.1. The maximum atomic E-state index is 13.3. The van der Waals surface area contributed by atoms with E-state index in [-0.39, 0.29) is 24.5 Å². The first kappa shape index (κ1) is 22.1.